The maximum absolute atomic E-state index is 5.20. The summed E-state index contributed by atoms with van der Waals surface area (Å²) in [5, 5.41) is 3.07. The lowest BCUT2D eigenvalue weighted by Gasteiger charge is -2.30. The van der Waals surface area contributed by atoms with E-state index in [-0.39, 0.29) is 0 Å². The van der Waals surface area contributed by atoms with Gasteiger partial charge >= 0.3 is 0 Å². The molecular weight excluding hydrogens is 256 g/mol. The fraction of sp³-hybridized carbons (Fsp3) is 0.714. The molecule has 0 saturated carbocycles. The Bertz CT molecular complexity index is 401. The molecule has 6 nitrogen and oxygen atoms in total. The Hall–Kier alpha value is -1.40. The van der Waals surface area contributed by atoms with E-state index in [0.717, 1.165) is 24.6 Å². The summed E-state index contributed by atoms with van der Waals surface area (Å²) in [6.07, 6.45) is 1.04. The summed E-state index contributed by atoms with van der Waals surface area (Å²) in [4.78, 5) is 11.2. The number of aromatic nitrogens is 2. The third kappa shape index (κ3) is 4.61. The molecule has 1 atom stereocenters. The van der Waals surface area contributed by atoms with Gasteiger partial charge in [-0.15, -0.1) is 0 Å². The van der Waals surface area contributed by atoms with Crippen LogP contribution in [0.5, 0.6) is 0 Å². The van der Waals surface area contributed by atoms with E-state index in [9.17, 15) is 0 Å². The van der Waals surface area contributed by atoms with Crippen LogP contribution >= 0.6 is 0 Å². The molecule has 114 valence electrons. The summed E-state index contributed by atoms with van der Waals surface area (Å²) in [7, 11) is 5.21. The third-order valence-electron chi connectivity index (χ3n) is 3.24. The van der Waals surface area contributed by atoms with E-state index in [0.29, 0.717) is 25.1 Å². The molecule has 1 unspecified atom stereocenters. The zero-order valence-corrected chi connectivity index (χ0v) is 13.1. The van der Waals surface area contributed by atoms with E-state index in [4.69, 9.17) is 9.47 Å². The number of hydrogen-bond donors (Lipinski definition) is 1. The molecule has 1 rings (SSSR count). The van der Waals surface area contributed by atoms with Crippen molar-refractivity contribution in [2.24, 2.45) is 0 Å². The SMILES string of the molecule is CCC(C)N(CCOC)c1cc(NC)nc(COC)n1. The Labute approximate surface area is 121 Å². The molecule has 0 saturated heterocycles. The van der Waals surface area contributed by atoms with E-state index in [1.54, 1.807) is 14.2 Å². The summed E-state index contributed by atoms with van der Waals surface area (Å²) in [6, 6.07) is 2.35. The van der Waals surface area contributed by atoms with E-state index >= 15 is 0 Å². The lowest BCUT2D eigenvalue weighted by Crippen LogP contribution is -2.36. The van der Waals surface area contributed by atoms with E-state index in [1.807, 2.05) is 13.1 Å². The number of ether oxygens (including phenoxy) is 2. The van der Waals surface area contributed by atoms with Gasteiger partial charge in [0.25, 0.3) is 0 Å². The zero-order valence-electron chi connectivity index (χ0n) is 13.1. The average Bonchev–Trinajstić information content (AvgIpc) is 2.47. The second-order valence-corrected chi connectivity index (χ2v) is 4.65. The molecule has 0 radical (unpaired) electrons. The van der Waals surface area contributed by atoms with Crippen LogP contribution in [0.1, 0.15) is 26.1 Å². The van der Waals surface area contributed by atoms with Crippen molar-refractivity contribution in [3.63, 3.8) is 0 Å². The van der Waals surface area contributed by atoms with Crippen molar-refractivity contribution in [2.75, 3.05) is 44.6 Å². The van der Waals surface area contributed by atoms with Crippen molar-refractivity contribution in [1.29, 1.82) is 0 Å². The molecule has 20 heavy (non-hydrogen) atoms. The largest absolute Gasteiger partial charge is 0.383 e. The highest BCUT2D eigenvalue weighted by molar-refractivity contribution is 5.49. The van der Waals surface area contributed by atoms with Crippen molar-refractivity contribution in [2.45, 2.75) is 32.9 Å². The molecule has 6 heteroatoms. The van der Waals surface area contributed by atoms with Crippen LogP contribution in [-0.2, 0) is 16.1 Å². The molecule has 1 N–H and O–H groups in total. The summed E-state index contributed by atoms with van der Waals surface area (Å²) in [5.74, 6) is 2.38. The summed E-state index contributed by atoms with van der Waals surface area (Å²) >= 11 is 0. The Kier molecular flexibility index (Phi) is 7.25. The first-order valence-corrected chi connectivity index (χ1v) is 6.96. The van der Waals surface area contributed by atoms with E-state index in [1.165, 1.54) is 0 Å². The maximum Gasteiger partial charge on any atom is 0.158 e. The molecule has 1 aromatic rings. The van der Waals surface area contributed by atoms with Gasteiger partial charge in [0, 0.05) is 39.9 Å². The molecule has 0 aliphatic carbocycles. The normalized spacial score (nSPS) is 12.2. The standard InChI is InChI=1S/C14H26N4O2/c1-6-11(2)18(7-8-19-4)14-9-12(15-3)16-13(17-14)10-20-5/h9,11H,6-8,10H2,1-5H3,(H,15,16,17). The van der Waals surface area contributed by atoms with Gasteiger partial charge in [0.05, 0.1) is 6.61 Å². The fourth-order valence-electron chi connectivity index (χ4n) is 1.92. The second-order valence-electron chi connectivity index (χ2n) is 4.65. The lowest BCUT2D eigenvalue weighted by atomic mass is 10.2. The number of methoxy groups -OCH3 is 2. The van der Waals surface area contributed by atoms with Crippen molar-refractivity contribution in [1.82, 2.24) is 9.97 Å². The molecule has 0 aromatic carbocycles. The number of rotatable bonds is 9. The molecule has 0 aliphatic heterocycles. The first kappa shape index (κ1) is 16.7. The van der Waals surface area contributed by atoms with Crippen LogP contribution in [-0.4, -0.2) is 50.4 Å². The lowest BCUT2D eigenvalue weighted by molar-refractivity contribution is 0.177. The number of nitrogens with zero attached hydrogens (tertiary/aromatic N) is 3. The van der Waals surface area contributed by atoms with Gasteiger partial charge in [-0.25, -0.2) is 9.97 Å². The van der Waals surface area contributed by atoms with Crippen LogP contribution in [0, 0.1) is 0 Å². The van der Waals surface area contributed by atoms with Crippen LogP contribution in [0.15, 0.2) is 6.07 Å². The van der Waals surface area contributed by atoms with Gasteiger partial charge in [0.15, 0.2) is 5.82 Å². The predicted octanol–water partition coefficient (Wildman–Crippen LogP) is 1.92. The zero-order chi connectivity index (χ0) is 15.0. The minimum atomic E-state index is 0.389. The van der Waals surface area contributed by atoms with Gasteiger partial charge in [-0.05, 0) is 13.3 Å². The number of hydrogen-bond acceptors (Lipinski definition) is 6. The van der Waals surface area contributed by atoms with Crippen LogP contribution in [0.3, 0.4) is 0 Å². The van der Waals surface area contributed by atoms with Crippen LogP contribution in [0.4, 0.5) is 11.6 Å². The molecular formula is C14H26N4O2. The molecule has 1 heterocycles. The fourth-order valence-corrected chi connectivity index (χ4v) is 1.92. The maximum atomic E-state index is 5.20. The van der Waals surface area contributed by atoms with Crippen molar-refractivity contribution in [3.8, 4) is 0 Å². The Morgan fingerprint density at radius 3 is 2.60 bits per heavy atom. The topological polar surface area (TPSA) is 59.5 Å². The second kappa shape index (κ2) is 8.71. The van der Waals surface area contributed by atoms with Gasteiger partial charge in [-0.2, -0.15) is 0 Å². The molecule has 0 bridgehead atoms. The molecule has 0 spiro atoms. The van der Waals surface area contributed by atoms with Gasteiger partial charge in [-0.3, -0.25) is 0 Å². The summed E-state index contributed by atoms with van der Waals surface area (Å²) in [5.41, 5.74) is 0. The predicted molar refractivity (Wildman–Crippen MR) is 81.3 cm³/mol. The van der Waals surface area contributed by atoms with Crippen LogP contribution < -0.4 is 10.2 Å². The minimum Gasteiger partial charge on any atom is -0.383 e. The van der Waals surface area contributed by atoms with Gasteiger partial charge in [-0.1, -0.05) is 6.92 Å². The highest BCUT2D eigenvalue weighted by atomic mass is 16.5. The van der Waals surface area contributed by atoms with Gasteiger partial charge < -0.3 is 19.7 Å². The quantitative estimate of drug-likeness (QED) is 0.746. The van der Waals surface area contributed by atoms with Crippen LogP contribution in [0.25, 0.3) is 0 Å². The van der Waals surface area contributed by atoms with Gasteiger partial charge in [0.1, 0.15) is 18.2 Å². The molecule has 0 aliphatic rings. The first-order chi connectivity index (χ1) is 9.65. The van der Waals surface area contributed by atoms with Crippen molar-refractivity contribution < 1.29 is 9.47 Å². The summed E-state index contributed by atoms with van der Waals surface area (Å²) in [6.45, 7) is 6.23. The number of anilines is 2. The van der Waals surface area contributed by atoms with Crippen LogP contribution in [0.2, 0.25) is 0 Å². The third-order valence-corrected chi connectivity index (χ3v) is 3.24. The van der Waals surface area contributed by atoms with Gasteiger partial charge in [0.2, 0.25) is 0 Å². The smallest absolute Gasteiger partial charge is 0.158 e. The Balaban J connectivity index is 3.06. The van der Waals surface area contributed by atoms with E-state index < -0.39 is 0 Å². The highest BCUT2D eigenvalue weighted by Crippen LogP contribution is 2.19. The Morgan fingerprint density at radius 2 is 2.05 bits per heavy atom. The average molecular weight is 282 g/mol. The molecule has 0 fully saturated rings. The first-order valence-electron chi connectivity index (χ1n) is 6.96. The van der Waals surface area contributed by atoms with E-state index in [2.05, 4.69) is 34.0 Å². The Morgan fingerprint density at radius 1 is 1.30 bits per heavy atom. The number of nitrogens with one attached hydrogen (secondary N) is 1. The molecule has 0 amide bonds. The minimum absolute atomic E-state index is 0.389. The molecule has 1 aromatic heterocycles. The summed E-state index contributed by atoms with van der Waals surface area (Å²) < 4.78 is 10.3. The van der Waals surface area contributed by atoms with Crippen molar-refractivity contribution in [3.05, 3.63) is 11.9 Å². The highest BCUT2D eigenvalue weighted by Gasteiger charge is 2.16. The monoisotopic (exact) mass is 282 g/mol. The van der Waals surface area contributed by atoms with Crippen molar-refractivity contribution >= 4 is 11.6 Å².